The second-order valence-electron chi connectivity index (χ2n) is 9.82. The van der Waals surface area contributed by atoms with Crippen LogP contribution in [0.1, 0.15) is 35.8 Å². The molecule has 0 saturated carbocycles. The maximum atomic E-state index is 13.0. The molecule has 2 fully saturated rings. The molecule has 0 aliphatic carbocycles. The van der Waals surface area contributed by atoms with Crippen LogP contribution in [0.3, 0.4) is 0 Å². The van der Waals surface area contributed by atoms with Crippen molar-refractivity contribution in [2.45, 2.75) is 38.4 Å². The van der Waals surface area contributed by atoms with Crippen LogP contribution >= 0.6 is 0 Å². The van der Waals surface area contributed by atoms with Crippen molar-refractivity contribution in [3.8, 4) is 0 Å². The number of likely N-dealkylation sites (tertiary alicyclic amines) is 1. The Morgan fingerprint density at radius 2 is 1.63 bits per heavy atom. The smallest absolute Gasteiger partial charge is 0.270 e. The Hall–Kier alpha value is -3.16. The molecule has 0 bridgehead atoms. The van der Waals surface area contributed by atoms with Crippen molar-refractivity contribution in [3.05, 3.63) is 71.9 Å². The van der Waals surface area contributed by atoms with Crippen LogP contribution in [0.4, 0.5) is 0 Å². The number of carbonyl (C=O) groups is 2. The molecule has 2 aromatic carbocycles. The Bertz CT molecular complexity index is 1110. The highest BCUT2D eigenvalue weighted by atomic mass is 16.2. The lowest BCUT2D eigenvalue weighted by Gasteiger charge is -2.38. The molecular weight excluding hydrogens is 438 g/mol. The number of piperidine rings is 1. The Labute approximate surface area is 207 Å². The van der Waals surface area contributed by atoms with Crippen LogP contribution in [-0.2, 0) is 11.3 Å². The molecule has 7 nitrogen and oxygen atoms in total. The largest absolute Gasteiger partial charge is 0.352 e. The quantitative estimate of drug-likeness (QED) is 0.577. The van der Waals surface area contributed by atoms with Gasteiger partial charge in [0.05, 0.1) is 6.04 Å². The SMILES string of the molecule is CC(C(=O)NC1CCN(Cc2ccccc2)CC1)N1CCN(C(=O)c2cc3ccccc3[nH]2)CC1. The van der Waals surface area contributed by atoms with E-state index in [0.29, 0.717) is 31.9 Å². The number of hydrogen-bond donors (Lipinski definition) is 2. The van der Waals surface area contributed by atoms with Gasteiger partial charge in [-0.15, -0.1) is 0 Å². The zero-order chi connectivity index (χ0) is 24.2. The highest BCUT2D eigenvalue weighted by molar-refractivity contribution is 5.98. The number of H-pyrrole nitrogens is 1. The number of nitrogens with zero attached hydrogens (tertiary/aromatic N) is 3. The first-order valence-electron chi connectivity index (χ1n) is 12.7. The number of rotatable bonds is 6. The van der Waals surface area contributed by atoms with Gasteiger partial charge in [0.1, 0.15) is 5.69 Å². The lowest BCUT2D eigenvalue weighted by molar-refractivity contribution is -0.127. The number of aromatic nitrogens is 1. The van der Waals surface area contributed by atoms with E-state index in [1.807, 2.05) is 48.2 Å². The minimum absolute atomic E-state index is 0.0280. The first-order valence-corrected chi connectivity index (χ1v) is 12.7. The number of fused-ring (bicyclic) bond motifs is 1. The molecule has 35 heavy (non-hydrogen) atoms. The van der Waals surface area contributed by atoms with Crippen molar-refractivity contribution in [1.29, 1.82) is 0 Å². The zero-order valence-corrected chi connectivity index (χ0v) is 20.5. The molecule has 2 N–H and O–H groups in total. The number of hydrogen-bond acceptors (Lipinski definition) is 4. The predicted molar refractivity (Wildman–Crippen MR) is 138 cm³/mol. The number of aromatic amines is 1. The van der Waals surface area contributed by atoms with E-state index in [0.717, 1.165) is 43.4 Å². The Kier molecular flexibility index (Phi) is 7.16. The van der Waals surface area contributed by atoms with Gasteiger partial charge < -0.3 is 15.2 Å². The summed E-state index contributed by atoms with van der Waals surface area (Å²) in [5.41, 5.74) is 2.94. The fourth-order valence-corrected chi connectivity index (χ4v) is 5.24. The van der Waals surface area contributed by atoms with Crippen molar-refractivity contribution < 1.29 is 9.59 Å². The number of amides is 2. The lowest BCUT2D eigenvalue weighted by Crippen LogP contribution is -2.56. The van der Waals surface area contributed by atoms with Crippen LogP contribution in [0, 0.1) is 0 Å². The predicted octanol–water partition coefficient (Wildman–Crippen LogP) is 3.10. The molecule has 2 aliphatic heterocycles. The number of nitrogens with one attached hydrogen (secondary N) is 2. The third kappa shape index (κ3) is 5.57. The van der Waals surface area contributed by atoms with Gasteiger partial charge in [-0.1, -0.05) is 48.5 Å². The fraction of sp³-hybridized carbons (Fsp3) is 0.429. The summed E-state index contributed by atoms with van der Waals surface area (Å²) >= 11 is 0. The topological polar surface area (TPSA) is 71.7 Å². The first kappa shape index (κ1) is 23.6. The number of carbonyl (C=O) groups excluding carboxylic acids is 2. The molecule has 184 valence electrons. The zero-order valence-electron chi connectivity index (χ0n) is 20.5. The van der Waals surface area contributed by atoms with E-state index < -0.39 is 0 Å². The van der Waals surface area contributed by atoms with E-state index >= 15 is 0 Å². The molecule has 2 saturated heterocycles. The molecule has 3 aromatic rings. The van der Waals surface area contributed by atoms with Crippen molar-refractivity contribution >= 4 is 22.7 Å². The minimum atomic E-state index is -0.192. The van der Waals surface area contributed by atoms with E-state index in [1.165, 1.54) is 5.56 Å². The Morgan fingerprint density at radius 3 is 2.34 bits per heavy atom. The standard InChI is InChI=1S/C28H35N5O2/c1-21(27(34)29-24-11-13-31(14-12-24)20-22-7-3-2-4-8-22)32-15-17-33(18-16-32)28(35)26-19-23-9-5-6-10-25(23)30-26/h2-10,19,21,24,30H,11-18,20H2,1H3,(H,29,34). The van der Waals surface area contributed by atoms with E-state index in [9.17, 15) is 9.59 Å². The highest BCUT2D eigenvalue weighted by Gasteiger charge is 2.30. The molecule has 2 aliphatic rings. The van der Waals surface area contributed by atoms with Crippen molar-refractivity contribution in [3.63, 3.8) is 0 Å². The molecule has 7 heteroatoms. The number of piperazine rings is 1. The van der Waals surface area contributed by atoms with Gasteiger partial charge >= 0.3 is 0 Å². The van der Waals surface area contributed by atoms with Crippen LogP contribution in [-0.4, -0.2) is 82.9 Å². The fourth-order valence-electron chi connectivity index (χ4n) is 5.24. The maximum Gasteiger partial charge on any atom is 0.270 e. The van der Waals surface area contributed by atoms with Gasteiger partial charge in [0, 0.05) is 62.8 Å². The summed E-state index contributed by atoms with van der Waals surface area (Å²) in [6.45, 7) is 7.62. The molecule has 1 unspecified atom stereocenters. The first-order chi connectivity index (χ1) is 17.1. The molecule has 0 spiro atoms. The Morgan fingerprint density at radius 1 is 0.943 bits per heavy atom. The van der Waals surface area contributed by atoms with Crippen molar-refractivity contribution in [2.75, 3.05) is 39.3 Å². The van der Waals surface area contributed by atoms with Crippen LogP contribution < -0.4 is 5.32 Å². The van der Waals surface area contributed by atoms with Crippen LogP contribution in [0.15, 0.2) is 60.7 Å². The van der Waals surface area contributed by atoms with Gasteiger partial charge in [-0.25, -0.2) is 0 Å². The van der Waals surface area contributed by atoms with Gasteiger partial charge in [-0.05, 0) is 37.5 Å². The number of para-hydroxylation sites is 1. The summed E-state index contributed by atoms with van der Waals surface area (Å²) in [4.78, 5) is 35.7. The van der Waals surface area contributed by atoms with Gasteiger partial charge in [0.2, 0.25) is 5.91 Å². The normalized spacial score (nSPS) is 19.1. The third-order valence-electron chi connectivity index (χ3n) is 7.47. The maximum absolute atomic E-state index is 13.0. The summed E-state index contributed by atoms with van der Waals surface area (Å²) in [5.74, 6) is 0.127. The molecule has 3 heterocycles. The monoisotopic (exact) mass is 473 g/mol. The lowest BCUT2D eigenvalue weighted by atomic mass is 10.0. The Balaban J connectivity index is 1.06. The van der Waals surface area contributed by atoms with Crippen LogP contribution in [0.5, 0.6) is 0 Å². The van der Waals surface area contributed by atoms with Crippen molar-refractivity contribution in [2.24, 2.45) is 0 Å². The summed E-state index contributed by atoms with van der Waals surface area (Å²) in [6, 6.07) is 20.5. The van der Waals surface area contributed by atoms with E-state index in [-0.39, 0.29) is 23.9 Å². The molecular formula is C28H35N5O2. The highest BCUT2D eigenvalue weighted by Crippen LogP contribution is 2.18. The minimum Gasteiger partial charge on any atom is -0.352 e. The third-order valence-corrected chi connectivity index (χ3v) is 7.47. The van der Waals surface area contributed by atoms with E-state index in [1.54, 1.807) is 0 Å². The van der Waals surface area contributed by atoms with E-state index in [4.69, 9.17) is 0 Å². The van der Waals surface area contributed by atoms with Gasteiger partial charge in [0.25, 0.3) is 5.91 Å². The molecule has 0 radical (unpaired) electrons. The molecule has 1 atom stereocenters. The average Bonchev–Trinajstić information content (AvgIpc) is 3.34. The molecule has 5 rings (SSSR count). The van der Waals surface area contributed by atoms with Crippen LogP contribution in [0.25, 0.3) is 10.9 Å². The summed E-state index contributed by atoms with van der Waals surface area (Å²) in [6.07, 6.45) is 1.97. The second-order valence-corrected chi connectivity index (χ2v) is 9.82. The molecule has 2 amide bonds. The average molecular weight is 474 g/mol. The van der Waals surface area contributed by atoms with Gasteiger partial charge in [-0.2, -0.15) is 0 Å². The van der Waals surface area contributed by atoms with E-state index in [2.05, 4.69) is 44.4 Å². The summed E-state index contributed by atoms with van der Waals surface area (Å²) in [7, 11) is 0. The van der Waals surface area contributed by atoms with Gasteiger partial charge in [-0.3, -0.25) is 19.4 Å². The van der Waals surface area contributed by atoms with Crippen molar-refractivity contribution in [1.82, 2.24) is 25.0 Å². The second kappa shape index (κ2) is 10.6. The van der Waals surface area contributed by atoms with Gasteiger partial charge in [0.15, 0.2) is 0 Å². The van der Waals surface area contributed by atoms with Crippen LogP contribution in [0.2, 0.25) is 0 Å². The molecule has 1 aromatic heterocycles. The summed E-state index contributed by atoms with van der Waals surface area (Å²) < 4.78 is 0. The summed E-state index contributed by atoms with van der Waals surface area (Å²) in [5, 5.41) is 4.33. The number of benzene rings is 2.